The highest BCUT2D eigenvalue weighted by molar-refractivity contribution is 14.0. The van der Waals surface area contributed by atoms with Crippen molar-refractivity contribution >= 4 is 29.9 Å². The number of benzene rings is 1. The Morgan fingerprint density at radius 3 is 2.40 bits per heavy atom. The minimum Gasteiger partial charge on any atom is -0.493 e. The fraction of sp³-hybridized carbons (Fsp3) is 0.611. The number of ether oxygens (including phenoxy) is 2. The first-order valence-electron chi connectivity index (χ1n) is 8.41. The van der Waals surface area contributed by atoms with Crippen LogP contribution in [0.2, 0.25) is 0 Å². The maximum atomic E-state index is 10.1. The average molecular weight is 465 g/mol. The molecule has 1 atom stereocenters. The molecule has 0 aliphatic rings. The Bertz CT molecular complexity index is 536. The Hall–Kier alpha value is -1.22. The third-order valence-electron chi connectivity index (χ3n) is 3.84. The van der Waals surface area contributed by atoms with Gasteiger partial charge in [-0.05, 0) is 44.4 Å². The highest BCUT2D eigenvalue weighted by Crippen LogP contribution is 2.27. The van der Waals surface area contributed by atoms with Crippen molar-refractivity contribution in [2.75, 3.05) is 33.9 Å². The second-order valence-electron chi connectivity index (χ2n) is 5.91. The number of guanidine groups is 1. The van der Waals surface area contributed by atoms with Crippen LogP contribution in [-0.2, 0) is 6.42 Å². The Morgan fingerprint density at radius 1 is 1.16 bits per heavy atom. The molecule has 0 aliphatic heterocycles. The summed E-state index contributed by atoms with van der Waals surface area (Å²) in [6.45, 7) is 7.64. The van der Waals surface area contributed by atoms with Gasteiger partial charge in [-0.1, -0.05) is 13.0 Å². The zero-order valence-corrected chi connectivity index (χ0v) is 18.2. The lowest BCUT2D eigenvalue weighted by Crippen LogP contribution is -2.40. The molecule has 0 saturated carbocycles. The van der Waals surface area contributed by atoms with E-state index in [1.165, 1.54) is 0 Å². The van der Waals surface area contributed by atoms with Crippen molar-refractivity contribution in [3.05, 3.63) is 23.8 Å². The average Bonchev–Trinajstić information content (AvgIpc) is 2.59. The molecule has 144 valence electrons. The van der Waals surface area contributed by atoms with E-state index in [9.17, 15) is 5.11 Å². The molecule has 0 amide bonds. The van der Waals surface area contributed by atoms with Gasteiger partial charge in [0.25, 0.3) is 0 Å². The van der Waals surface area contributed by atoms with Crippen LogP contribution in [0.25, 0.3) is 0 Å². The third kappa shape index (κ3) is 8.62. The number of rotatable bonds is 9. The van der Waals surface area contributed by atoms with Crippen LogP contribution >= 0.6 is 24.0 Å². The van der Waals surface area contributed by atoms with Crippen LogP contribution in [0.3, 0.4) is 0 Å². The zero-order chi connectivity index (χ0) is 18.0. The van der Waals surface area contributed by atoms with Crippen molar-refractivity contribution in [1.82, 2.24) is 10.6 Å². The molecular weight excluding hydrogens is 433 g/mol. The number of methoxy groups -OCH3 is 2. The largest absolute Gasteiger partial charge is 0.493 e. The Labute approximate surface area is 168 Å². The number of halogens is 1. The van der Waals surface area contributed by atoms with E-state index in [0.29, 0.717) is 18.9 Å². The van der Waals surface area contributed by atoms with Gasteiger partial charge >= 0.3 is 0 Å². The molecule has 25 heavy (non-hydrogen) atoms. The van der Waals surface area contributed by atoms with Crippen LogP contribution in [0.15, 0.2) is 23.2 Å². The van der Waals surface area contributed by atoms with E-state index in [-0.39, 0.29) is 24.0 Å². The van der Waals surface area contributed by atoms with Gasteiger partial charge in [0.1, 0.15) is 0 Å². The second kappa shape index (κ2) is 12.2. The van der Waals surface area contributed by atoms with Gasteiger partial charge in [-0.2, -0.15) is 0 Å². The van der Waals surface area contributed by atoms with Crippen molar-refractivity contribution in [1.29, 1.82) is 0 Å². The number of nitrogens with zero attached hydrogens (tertiary/aromatic N) is 1. The van der Waals surface area contributed by atoms with Crippen molar-refractivity contribution in [3.63, 3.8) is 0 Å². The van der Waals surface area contributed by atoms with E-state index >= 15 is 0 Å². The Kier molecular flexibility index (Phi) is 11.6. The molecule has 0 radical (unpaired) electrons. The predicted molar refractivity (Wildman–Crippen MR) is 114 cm³/mol. The molecular formula is C18H32IN3O3. The minimum atomic E-state index is -0.772. The molecule has 0 bridgehead atoms. The van der Waals surface area contributed by atoms with Gasteiger partial charge in [-0.25, -0.2) is 0 Å². The molecule has 1 aromatic carbocycles. The van der Waals surface area contributed by atoms with E-state index in [0.717, 1.165) is 36.6 Å². The van der Waals surface area contributed by atoms with Crippen molar-refractivity contribution in [3.8, 4) is 11.5 Å². The SMILES string of the molecule is CCNC(=NCC(C)(O)CC)NCCc1ccc(OC)c(OC)c1.I. The number of hydrogen-bond donors (Lipinski definition) is 3. The fourth-order valence-corrected chi connectivity index (χ4v) is 2.06. The summed E-state index contributed by atoms with van der Waals surface area (Å²) in [6.07, 6.45) is 1.50. The predicted octanol–water partition coefficient (Wildman–Crippen LogP) is 2.58. The van der Waals surface area contributed by atoms with E-state index in [1.807, 2.05) is 32.0 Å². The first-order chi connectivity index (χ1) is 11.5. The van der Waals surface area contributed by atoms with Crippen LogP contribution < -0.4 is 20.1 Å². The van der Waals surface area contributed by atoms with Crippen LogP contribution in [0.1, 0.15) is 32.8 Å². The summed E-state index contributed by atoms with van der Waals surface area (Å²) in [5.74, 6) is 2.17. The first kappa shape index (κ1) is 23.8. The summed E-state index contributed by atoms with van der Waals surface area (Å²) >= 11 is 0. The molecule has 6 nitrogen and oxygen atoms in total. The molecule has 0 spiro atoms. The molecule has 0 fully saturated rings. The lowest BCUT2D eigenvalue weighted by atomic mass is 10.1. The van der Waals surface area contributed by atoms with Gasteiger partial charge < -0.3 is 25.2 Å². The van der Waals surface area contributed by atoms with Crippen molar-refractivity contribution in [2.24, 2.45) is 4.99 Å². The van der Waals surface area contributed by atoms with Crippen LogP contribution in [0.5, 0.6) is 11.5 Å². The zero-order valence-electron chi connectivity index (χ0n) is 15.9. The van der Waals surface area contributed by atoms with E-state index in [4.69, 9.17) is 9.47 Å². The smallest absolute Gasteiger partial charge is 0.191 e. The Morgan fingerprint density at radius 2 is 1.84 bits per heavy atom. The van der Waals surface area contributed by atoms with Gasteiger partial charge in [0.15, 0.2) is 17.5 Å². The molecule has 0 saturated heterocycles. The standard InChI is InChI=1S/C18H31N3O3.HI/c1-6-18(3,22)13-21-17(19-7-2)20-11-10-14-8-9-15(23-4)16(12-14)24-5;/h8-9,12,22H,6-7,10-11,13H2,1-5H3,(H2,19,20,21);1H. The van der Waals surface area contributed by atoms with E-state index in [1.54, 1.807) is 21.1 Å². The van der Waals surface area contributed by atoms with Crippen LogP contribution in [0.4, 0.5) is 0 Å². The lowest BCUT2D eigenvalue weighted by Gasteiger charge is -2.20. The number of nitrogens with one attached hydrogen (secondary N) is 2. The topological polar surface area (TPSA) is 75.1 Å². The highest BCUT2D eigenvalue weighted by Gasteiger charge is 2.16. The normalized spacial score (nSPS) is 13.4. The quantitative estimate of drug-likeness (QED) is 0.297. The molecule has 1 rings (SSSR count). The van der Waals surface area contributed by atoms with Gasteiger partial charge in [0.2, 0.25) is 0 Å². The number of aliphatic hydroxyl groups is 1. The molecule has 1 unspecified atom stereocenters. The number of hydrogen-bond acceptors (Lipinski definition) is 4. The third-order valence-corrected chi connectivity index (χ3v) is 3.84. The summed E-state index contributed by atoms with van der Waals surface area (Å²) in [4.78, 5) is 4.45. The molecule has 7 heteroatoms. The number of aliphatic imine (C=N–C) groups is 1. The van der Waals surface area contributed by atoms with Gasteiger partial charge in [-0.3, -0.25) is 4.99 Å². The lowest BCUT2D eigenvalue weighted by molar-refractivity contribution is 0.0656. The Balaban J connectivity index is 0.00000576. The summed E-state index contributed by atoms with van der Waals surface area (Å²) in [7, 11) is 3.26. The molecule has 0 heterocycles. The fourth-order valence-electron chi connectivity index (χ4n) is 2.06. The van der Waals surface area contributed by atoms with Gasteiger partial charge in [0, 0.05) is 13.1 Å². The molecule has 1 aromatic rings. The summed E-state index contributed by atoms with van der Waals surface area (Å²) in [5, 5.41) is 16.5. The monoisotopic (exact) mass is 465 g/mol. The maximum absolute atomic E-state index is 10.1. The summed E-state index contributed by atoms with van der Waals surface area (Å²) in [5.41, 5.74) is 0.377. The van der Waals surface area contributed by atoms with Gasteiger partial charge in [0.05, 0.1) is 26.4 Å². The van der Waals surface area contributed by atoms with Gasteiger partial charge in [-0.15, -0.1) is 24.0 Å². The maximum Gasteiger partial charge on any atom is 0.191 e. The molecule has 0 aliphatic carbocycles. The second-order valence-corrected chi connectivity index (χ2v) is 5.91. The highest BCUT2D eigenvalue weighted by atomic mass is 127. The minimum absolute atomic E-state index is 0. The molecule has 0 aromatic heterocycles. The van der Waals surface area contributed by atoms with Crippen LogP contribution in [-0.4, -0.2) is 50.5 Å². The van der Waals surface area contributed by atoms with E-state index in [2.05, 4.69) is 15.6 Å². The van der Waals surface area contributed by atoms with Crippen molar-refractivity contribution < 1.29 is 14.6 Å². The first-order valence-corrected chi connectivity index (χ1v) is 8.41. The van der Waals surface area contributed by atoms with E-state index < -0.39 is 5.60 Å². The van der Waals surface area contributed by atoms with Crippen molar-refractivity contribution in [2.45, 2.75) is 39.2 Å². The summed E-state index contributed by atoms with van der Waals surface area (Å²) < 4.78 is 10.6. The summed E-state index contributed by atoms with van der Waals surface area (Å²) in [6, 6.07) is 5.91. The molecule has 3 N–H and O–H groups in total. The van der Waals surface area contributed by atoms with Crippen LogP contribution in [0, 0.1) is 0 Å².